The van der Waals surface area contributed by atoms with Crippen LogP contribution in [0.25, 0.3) is 0 Å². The summed E-state index contributed by atoms with van der Waals surface area (Å²) in [6.07, 6.45) is 0. The molecule has 0 saturated carbocycles. The van der Waals surface area contributed by atoms with Gasteiger partial charge >= 0.3 is 0 Å². The van der Waals surface area contributed by atoms with E-state index < -0.39 is 15.8 Å². The summed E-state index contributed by atoms with van der Waals surface area (Å²) in [5, 5.41) is 3.28. The third kappa shape index (κ3) is 3.16. The number of nitrogens with one attached hydrogen (secondary N) is 1. The van der Waals surface area contributed by atoms with Gasteiger partial charge in [0.25, 0.3) is 0 Å². The van der Waals surface area contributed by atoms with Crippen LogP contribution in [-0.4, -0.2) is 37.9 Å². The molecule has 1 aromatic carbocycles. The molecule has 0 aromatic heterocycles. The smallest absolute Gasteiger partial charge is 0.244 e. The second-order valence-corrected chi connectivity index (χ2v) is 7.63. The second kappa shape index (κ2) is 5.47. The molecule has 0 unspecified atom stereocenters. The quantitative estimate of drug-likeness (QED) is 0.886. The molecule has 0 radical (unpaired) electrons. The number of rotatable bonds is 2. The fourth-order valence-corrected chi connectivity index (χ4v) is 4.92. The lowest BCUT2D eigenvalue weighted by atomic mass is 10.2. The Morgan fingerprint density at radius 3 is 2.42 bits per heavy atom. The first-order valence-electron chi connectivity index (χ1n) is 6.02. The molecule has 2 rings (SSSR count). The van der Waals surface area contributed by atoms with E-state index in [1.54, 1.807) is 0 Å². The van der Waals surface area contributed by atoms with Crippen molar-refractivity contribution in [2.24, 2.45) is 0 Å². The molecular formula is C12H16BrFN2O2S. The molecule has 1 N–H and O–H groups in total. The lowest BCUT2D eigenvalue weighted by Crippen LogP contribution is -2.55. The van der Waals surface area contributed by atoms with Gasteiger partial charge in [-0.05, 0) is 48.0 Å². The Hall–Kier alpha value is -0.500. The van der Waals surface area contributed by atoms with Gasteiger partial charge < -0.3 is 5.32 Å². The van der Waals surface area contributed by atoms with Crippen LogP contribution in [0, 0.1) is 5.82 Å². The monoisotopic (exact) mass is 350 g/mol. The molecular weight excluding hydrogens is 335 g/mol. The Labute approximate surface area is 121 Å². The third-order valence-corrected chi connectivity index (χ3v) is 5.84. The van der Waals surface area contributed by atoms with E-state index in [4.69, 9.17) is 0 Å². The first-order valence-corrected chi connectivity index (χ1v) is 8.25. The highest BCUT2D eigenvalue weighted by atomic mass is 79.9. The molecule has 1 aromatic rings. The van der Waals surface area contributed by atoms with Crippen molar-refractivity contribution >= 4 is 26.0 Å². The minimum absolute atomic E-state index is 0.0951. The van der Waals surface area contributed by atoms with Gasteiger partial charge in [0.05, 0.1) is 4.90 Å². The average molecular weight is 351 g/mol. The Kier molecular flexibility index (Phi) is 4.29. The topological polar surface area (TPSA) is 49.4 Å². The maximum atomic E-state index is 13.1. The SMILES string of the molecule is C[C@H]1CN(S(=O)(=O)c2ccc(F)cc2Br)C[C@H](C)N1. The van der Waals surface area contributed by atoms with Crippen LogP contribution in [0.3, 0.4) is 0 Å². The van der Waals surface area contributed by atoms with Crippen LogP contribution in [0.4, 0.5) is 4.39 Å². The number of halogens is 2. The molecule has 1 aliphatic rings. The molecule has 1 heterocycles. The Morgan fingerprint density at radius 2 is 1.89 bits per heavy atom. The number of hydrogen-bond donors (Lipinski definition) is 1. The van der Waals surface area contributed by atoms with Crippen LogP contribution in [0.1, 0.15) is 13.8 Å². The van der Waals surface area contributed by atoms with Gasteiger partial charge in [0.1, 0.15) is 5.82 Å². The van der Waals surface area contributed by atoms with E-state index in [1.165, 1.54) is 16.4 Å². The van der Waals surface area contributed by atoms with E-state index in [-0.39, 0.29) is 21.5 Å². The van der Waals surface area contributed by atoms with Gasteiger partial charge in [-0.15, -0.1) is 0 Å². The summed E-state index contributed by atoms with van der Waals surface area (Å²) >= 11 is 3.12. The van der Waals surface area contributed by atoms with Gasteiger partial charge in [0.2, 0.25) is 10.0 Å². The molecule has 106 valence electrons. The standard InChI is InChI=1S/C12H16BrFN2O2S/c1-8-6-16(7-9(2)15-8)19(17,18)12-4-3-10(14)5-11(12)13/h3-5,8-9,15H,6-7H2,1-2H3/t8-,9-/m0/s1. The Morgan fingerprint density at radius 1 is 1.32 bits per heavy atom. The fraction of sp³-hybridized carbons (Fsp3) is 0.500. The number of benzene rings is 1. The second-order valence-electron chi connectivity index (χ2n) is 4.87. The molecule has 19 heavy (non-hydrogen) atoms. The summed E-state index contributed by atoms with van der Waals surface area (Å²) in [4.78, 5) is 0.107. The highest BCUT2D eigenvalue weighted by Crippen LogP contribution is 2.26. The average Bonchev–Trinajstić information content (AvgIpc) is 2.26. The molecule has 0 amide bonds. The molecule has 4 nitrogen and oxygen atoms in total. The first-order chi connectivity index (χ1) is 8.80. The molecule has 1 aliphatic heterocycles. The predicted octanol–water partition coefficient (Wildman–Crippen LogP) is 1.96. The minimum atomic E-state index is -3.60. The highest BCUT2D eigenvalue weighted by molar-refractivity contribution is 9.10. The molecule has 1 fully saturated rings. The van der Waals surface area contributed by atoms with Crippen molar-refractivity contribution in [3.05, 3.63) is 28.5 Å². The van der Waals surface area contributed by atoms with Crippen LogP contribution in [0.5, 0.6) is 0 Å². The molecule has 2 atom stereocenters. The van der Waals surface area contributed by atoms with Crippen LogP contribution in [0.15, 0.2) is 27.6 Å². The maximum absolute atomic E-state index is 13.1. The fourth-order valence-electron chi connectivity index (χ4n) is 2.30. The van der Waals surface area contributed by atoms with Crippen LogP contribution in [0.2, 0.25) is 0 Å². The summed E-state index contributed by atoms with van der Waals surface area (Å²) in [5.74, 6) is -0.465. The van der Waals surface area contributed by atoms with E-state index >= 15 is 0 Å². The van der Waals surface area contributed by atoms with Crippen LogP contribution >= 0.6 is 15.9 Å². The van der Waals surface area contributed by atoms with Crippen molar-refractivity contribution in [3.63, 3.8) is 0 Å². The lowest BCUT2D eigenvalue weighted by Gasteiger charge is -2.35. The van der Waals surface area contributed by atoms with Crippen molar-refractivity contribution in [2.45, 2.75) is 30.8 Å². The minimum Gasteiger partial charge on any atom is -0.309 e. The van der Waals surface area contributed by atoms with E-state index in [2.05, 4.69) is 21.2 Å². The normalized spacial score (nSPS) is 25.5. The van der Waals surface area contributed by atoms with Crippen molar-refractivity contribution in [1.82, 2.24) is 9.62 Å². The number of sulfonamides is 1. The van der Waals surface area contributed by atoms with E-state index in [1.807, 2.05) is 13.8 Å². The van der Waals surface area contributed by atoms with Gasteiger partial charge in [0.15, 0.2) is 0 Å². The number of piperazine rings is 1. The lowest BCUT2D eigenvalue weighted by molar-refractivity contribution is 0.263. The molecule has 0 aliphatic carbocycles. The van der Waals surface area contributed by atoms with Crippen molar-refractivity contribution < 1.29 is 12.8 Å². The van der Waals surface area contributed by atoms with Crippen LogP contribution < -0.4 is 5.32 Å². The number of hydrogen-bond acceptors (Lipinski definition) is 3. The van der Waals surface area contributed by atoms with Gasteiger partial charge in [-0.2, -0.15) is 4.31 Å². The largest absolute Gasteiger partial charge is 0.309 e. The Balaban J connectivity index is 2.36. The third-order valence-electron chi connectivity index (χ3n) is 3.04. The van der Waals surface area contributed by atoms with Crippen molar-refractivity contribution in [2.75, 3.05) is 13.1 Å². The summed E-state index contributed by atoms with van der Waals surface area (Å²) < 4.78 is 39.9. The highest BCUT2D eigenvalue weighted by Gasteiger charge is 2.32. The number of nitrogens with zero attached hydrogens (tertiary/aromatic N) is 1. The molecule has 7 heteroatoms. The maximum Gasteiger partial charge on any atom is 0.244 e. The Bertz CT molecular complexity index is 569. The zero-order valence-corrected chi connectivity index (χ0v) is 13.1. The molecule has 0 bridgehead atoms. The summed E-state index contributed by atoms with van der Waals surface area (Å²) in [5.41, 5.74) is 0. The summed E-state index contributed by atoms with van der Waals surface area (Å²) in [6, 6.07) is 3.82. The van der Waals surface area contributed by atoms with Crippen LogP contribution in [-0.2, 0) is 10.0 Å². The predicted molar refractivity (Wildman–Crippen MR) is 74.9 cm³/mol. The van der Waals surface area contributed by atoms with Crippen molar-refractivity contribution in [1.29, 1.82) is 0 Å². The van der Waals surface area contributed by atoms with E-state index in [9.17, 15) is 12.8 Å². The van der Waals surface area contributed by atoms with Gasteiger partial charge in [-0.3, -0.25) is 0 Å². The van der Waals surface area contributed by atoms with Gasteiger partial charge in [-0.1, -0.05) is 0 Å². The van der Waals surface area contributed by atoms with Gasteiger partial charge in [-0.25, -0.2) is 12.8 Å². The zero-order chi connectivity index (χ0) is 14.2. The zero-order valence-electron chi connectivity index (χ0n) is 10.7. The summed E-state index contributed by atoms with van der Waals surface area (Å²) in [6.45, 7) is 4.71. The van der Waals surface area contributed by atoms with E-state index in [0.29, 0.717) is 13.1 Å². The molecule has 1 saturated heterocycles. The first kappa shape index (κ1) is 14.9. The summed E-state index contributed by atoms with van der Waals surface area (Å²) in [7, 11) is -3.60. The van der Waals surface area contributed by atoms with Crippen molar-refractivity contribution in [3.8, 4) is 0 Å². The van der Waals surface area contributed by atoms with E-state index in [0.717, 1.165) is 6.07 Å². The van der Waals surface area contributed by atoms with Gasteiger partial charge in [0, 0.05) is 29.6 Å². The molecule has 0 spiro atoms.